The van der Waals surface area contributed by atoms with Crippen molar-refractivity contribution in [1.82, 2.24) is 0 Å². The summed E-state index contributed by atoms with van der Waals surface area (Å²) in [5, 5.41) is 8.61. The van der Waals surface area contributed by atoms with Crippen LogP contribution in [0.25, 0.3) is 0 Å². The van der Waals surface area contributed by atoms with Gasteiger partial charge < -0.3 is 10.8 Å². The lowest BCUT2D eigenvalue weighted by atomic mass is 10.0. The molecule has 0 amide bonds. The number of hydrogen-bond donors (Lipinski definition) is 2. The number of halogens is 4. The molecule has 1 atom stereocenters. The Hall–Kier alpha value is -0.420. The van der Waals surface area contributed by atoms with Gasteiger partial charge in [0.1, 0.15) is 6.61 Å². The summed E-state index contributed by atoms with van der Waals surface area (Å²) in [6, 6.07) is 2.63. The molecule has 6 heteroatoms. The highest BCUT2D eigenvalue weighted by atomic mass is 35.5. The Morgan fingerprint density at radius 1 is 1.33 bits per heavy atom. The third-order valence-electron chi connectivity index (χ3n) is 1.98. The molecule has 0 spiro atoms. The van der Waals surface area contributed by atoms with E-state index in [1.807, 2.05) is 0 Å². The Kier molecular flexibility index (Phi) is 3.89. The van der Waals surface area contributed by atoms with Crippen LogP contribution in [0.2, 0.25) is 10.0 Å². The van der Waals surface area contributed by atoms with E-state index in [4.69, 9.17) is 34.0 Å². The smallest absolute Gasteiger partial charge is 0.289 e. The van der Waals surface area contributed by atoms with Gasteiger partial charge >= 0.3 is 0 Å². The number of alkyl halides is 2. The molecular formula is C9H9Cl2F2NO. The Morgan fingerprint density at radius 2 is 1.80 bits per heavy atom. The van der Waals surface area contributed by atoms with Crippen molar-refractivity contribution >= 4 is 23.2 Å². The van der Waals surface area contributed by atoms with Crippen LogP contribution in [0, 0.1) is 0 Å². The molecule has 0 aromatic heterocycles. The van der Waals surface area contributed by atoms with Gasteiger partial charge in [-0.1, -0.05) is 29.3 Å². The highest BCUT2D eigenvalue weighted by Crippen LogP contribution is 2.36. The molecule has 0 heterocycles. The first-order valence-corrected chi connectivity index (χ1v) is 4.84. The van der Waals surface area contributed by atoms with Gasteiger partial charge in [0.05, 0.1) is 6.04 Å². The van der Waals surface area contributed by atoms with Gasteiger partial charge in [0.25, 0.3) is 5.92 Å². The van der Waals surface area contributed by atoms with Crippen LogP contribution in [0.5, 0.6) is 0 Å². The third kappa shape index (κ3) is 2.58. The second-order valence-corrected chi connectivity index (χ2v) is 3.85. The third-order valence-corrected chi connectivity index (χ3v) is 2.64. The van der Waals surface area contributed by atoms with Gasteiger partial charge in [0, 0.05) is 15.6 Å². The fraction of sp³-hybridized carbons (Fsp3) is 0.333. The molecule has 1 aromatic carbocycles. The minimum absolute atomic E-state index is 0.0557. The zero-order valence-electron chi connectivity index (χ0n) is 7.55. The van der Waals surface area contributed by atoms with E-state index in [1.54, 1.807) is 0 Å². The number of benzene rings is 1. The molecule has 0 aliphatic carbocycles. The lowest BCUT2D eigenvalue weighted by Gasteiger charge is -2.23. The molecule has 0 saturated carbocycles. The molecular weight excluding hydrogens is 247 g/mol. The van der Waals surface area contributed by atoms with Crippen molar-refractivity contribution in [2.45, 2.75) is 12.0 Å². The average molecular weight is 256 g/mol. The Morgan fingerprint density at radius 3 is 2.20 bits per heavy atom. The summed E-state index contributed by atoms with van der Waals surface area (Å²) in [7, 11) is 0. The summed E-state index contributed by atoms with van der Waals surface area (Å²) in [6.45, 7) is -1.35. The normalized spacial score (nSPS) is 14.0. The van der Waals surface area contributed by atoms with Crippen molar-refractivity contribution in [2.24, 2.45) is 5.73 Å². The molecule has 0 saturated heterocycles. The highest BCUT2D eigenvalue weighted by molar-refractivity contribution is 6.36. The summed E-state index contributed by atoms with van der Waals surface area (Å²) >= 11 is 11.4. The van der Waals surface area contributed by atoms with Crippen molar-refractivity contribution in [3.8, 4) is 0 Å². The van der Waals surface area contributed by atoms with E-state index in [1.165, 1.54) is 18.2 Å². The number of hydrogen-bond acceptors (Lipinski definition) is 2. The van der Waals surface area contributed by atoms with Crippen molar-refractivity contribution in [2.75, 3.05) is 6.61 Å². The van der Waals surface area contributed by atoms with Crippen LogP contribution in [0.1, 0.15) is 11.6 Å². The molecule has 1 rings (SSSR count). The van der Waals surface area contributed by atoms with Gasteiger partial charge in [0.15, 0.2) is 0 Å². The number of aliphatic hydroxyl groups excluding tert-OH is 1. The Bertz CT molecular complexity index is 340. The van der Waals surface area contributed by atoms with E-state index in [0.29, 0.717) is 0 Å². The predicted molar refractivity (Wildman–Crippen MR) is 55.4 cm³/mol. The fourth-order valence-electron chi connectivity index (χ4n) is 1.12. The molecule has 0 aliphatic rings. The zero-order valence-corrected chi connectivity index (χ0v) is 9.06. The van der Waals surface area contributed by atoms with Gasteiger partial charge in [-0.15, -0.1) is 0 Å². The standard InChI is InChI=1S/C9H9Cl2F2NO/c10-5-2-1-3-6(11)7(5)8(14)9(12,13)4-15/h1-3,8,15H,4,14H2/t8-/m1/s1. The zero-order chi connectivity index (χ0) is 11.6. The second-order valence-electron chi connectivity index (χ2n) is 3.03. The minimum Gasteiger partial charge on any atom is -0.390 e. The fourth-order valence-corrected chi connectivity index (χ4v) is 1.75. The Balaban J connectivity index is 3.16. The summed E-state index contributed by atoms with van der Waals surface area (Å²) in [4.78, 5) is 0. The first-order chi connectivity index (χ1) is 6.90. The largest absolute Gasteiger partial charge is 0.390 e. The summed E-state index contributed by atoms with van der Waals surface area (Å²) in [5.74, 6) is -3.45. The van der Waals surface area contributed by atoms with Gasteiger partial charge in [0.2, 0.25) is 0 Å². The van der Waals surface area contributed by atoms with Crippen LogP contribution in [-0.4, -0.2) is 17.6 Å². The molecule has 0 fully saturated rings. The van der Waals surface area contributed by atoms with Crippen molar-refractivity contribution in [3.05, 3.63) is 33.8 Å². The molecule has 1 aromatic rings. The quantitative estimate of drug-likeness (QED) is 0.873. The highest BCUT2D eigenvalue weighted by Gasteiger charge is 2.39. The van der Waals surface area contributed by atoms with Crippen molar-refractivity contribution in [1.29, 1.82) is 0 Å². The first-order valence-electron chi connectivity index (χ1n) is 4.08. The maximum Gasteiger partial charge on any atom is 0.289 e. The molecule has 0 unspecified atom stereocenters. The molecule has 0 aliphatic heterocycles. The van der Waals surface area contributed by atoms with Crippen LogP contribution in [0.4, 0.5) is 8.78 Å². The van der Waals surface area contributed by atoms with Crippen LogP contribution in [-0.2, 0) is 0 Å². The van der Waals surface area contributed by atoms with Gasteiger partial charge in [-0.25, -0.2) is 8.78 Å². The van der Waals surface area contributed by atoms with E-state index in [9.17, 15) is 8.78 Å². The van der Waals surface area contributed by atoms with E-state index >= 15 is 0 Å². The van der Waals surface area contributed by atoms with Crippen LogP contribution in [0.3, 0.4) is 0 Å². The van der Waals surface area contributed by atoms with E-state index in [2.05, 4.69) is 0 Å². The minimum atomic E-state index is -3.45. The first kappa shape index (κ1) is 12.6. The summed E-state index contributed by atoms with van der Waals surface area (Å²) in [6.07, 6.45) is 0. The summed E-state index contributed by atoms with van der Waals surface area (Å²) < 4.78 is 26.2. The molecule has 3 N–H and O–H groups in total. The van der Waals surface area contributed by atoms with Crippen LogP contribution < -0.4 is 5.73 Å². The van der Waals surface area contributed by atoms with Gasteiger partial charge in [-0.3, -0.25) is 0 Å². The molecule has 0 bridgehead atoms. The second kappa shape index (κ2) is 4.61. The maximum atomic E-state index is 13.1. The molecule has 84 valence electrons. The SMILES string of the molecule is N[C@H](c1c(Cl)cccc1Cl)C(F)(F)CO. The number of aliphatic hydroxyl groups is 1. The number of nitrogens with two attached hydrogens (primary N) is 1. The van der Waals surface area contributed by atoms with E-state index < -0.39 is 18.6 Å². The molecule has 0 radical (unpaired) electrons. The van der Waals surface area contributed by atoms with Gasteiger partial charge in [-0.05, 0) is 12.1 Å². The van der Waals surface area contributed by atoms with Crippen molar-refractivity contribution in [3.63, 3.8) is 0 Å². The van der Waals surface area contributed by atoms with E-state index in [-0.39, 0.29) is 15.6 Å². The lowest BCUT2D eigenvalue weighted by Crippen LogP contribution is -2.36. The molecule has 2 nitrogen and oxygen atoms in total. The predicted octanol–water partition coefficient (Wildman–Crippen LogP) is 2.62. The van der Waals surface area contributed by atoms with E-state index in [0.717, 1.165) is 0 Å². The summed E-state index contributed by atoms with van der Waals surface area (Å²) in [5.41, 5.74) is 5.25. The maximum absolute atomic E-state index is 13.1. The topological polar surface area (TPSA) is 46.2 Å². The lowest BCUT2D eigenvalue weighted by molar-refractivity contribution is -0.0711. The molecule has 15 heavy (non-hydrogen) atoms. The van der Waals surface area contributed by atoms with Gasteiger partial charge in [-0.2, -0.15) is 0 Å². The van der Waals surface area contributed by atoms with Crippen LogP contribution in [0.15, 0.2) is 18.2 Å². The number of rotatable bonds is 3. The van der Waals surface area contributed by atoms with Crippen molar-refractivity contribution < 1.29 is 13.9 Å². The monoisotopic (exact) mass is 255 g/mol. The average Bonchev–Trinajstić information content (AvgIpc) is 2.17. The Labute approximate surface area is 95.6 Å². The van der Waals surface area contributed by atoms with Crippen LogP contribution >= 0.6 is 23.2 Å².